The van der Waals surface area contributed by atoms with Crippen molar-refractivity contribution < 1.29 is 14.5 Å². The third kappa shape index (κ3) is 4.36. The fraction of sp³-hybridized carbons (Fsp3) is 0.0556. The number of hydrogen-bond acceptors (Lipinski definition) is 5. The summed E-state index contributed by atoms with van der Waals surface area (Å²) < 4.78 is 1.54. The van der Waals surface area contributed by atoms with E-state index in [1.54, 1.807) is 40.4 Å². The molecule has 0 aliphatic carbocycles. The molecule has 3 rings (SSSR count). The van der Waals surface area contributed by atoms with Gasteiger partial charge in [0.05, 0.1) is 22.1 Å². The first kappa shape index (κ1) is 18.7. The zero-order valence-corrected chi connectivity index (χ0v) is 15.3. The van der Waals surface area contributed by atoms with E-state index in [9.17, 15) is 19.7 Å². The van der Waals surface area contributed by atoms with Crippen molar-refractivity contribution in [3.8, 4) is 0 Å². The molecule has 0 aliphatic rings. The van der Waals surface area contributed by atoms with Crippen LogP contribution in [-0.4, -0.2) is 21.2 Å². The molecule has 1 aromatic heterocycles. The number of carbonyl (C=O) groups excluding carboxylic acids is 2. The molecule has 0 spiro atoms. The number of carbonyl (C=O) groups is 2. The van der Waals surface area contributed by atoms with E-state index >= 15 is 0 Å². The number of thiazole rings is 1. The molecule has 0 saturated carbocycles. The fourth-order valence-electron chi connectivity index (χ4n) is 2.31. The van der Waals surface area contributed by atoms with Crippen molar-refractivity contribution in [1.82, 2.24) is 4.57 Å². The third-order valence-corrected chi connectivity index (χ3v) is 4.78. The van der Waals surface area contributed by atoms with Crippen molar-refractivity contribution in [2.75, 3.05) is 0 Å². The van der Waals surface area contributed by atoms with Gasteiger partial charge < -0.3 is 4.57 Å². The number of nitrogens with zero attached hydrogens (tertiary/aromatic N) is 3. The maximum absolute atomic E-state index is 12.5. The normalized spacial score (nSPS) is 11.4. The summed E-state index contributed by atoms with van der Waals surface area (Å²) in [5.41, 5.74) is 0.228. The first-order chi connectivity index (χ1) is 13.0. The molecule has 0 unspecified atom stereocenters. The second kappa shape index (κ2) is 8.07. The van der Waals surface area contributed by atoms with Gasteiger partial charge in [-0.15, -0.1) is 11.3 Å². The highest BCUT2D eigenvalue weighted by atomic mass is 35.5. The molecular formula is C18H12ClN3O4S. The molecule has 0 fully saturated rings. The van der Waals surface area contributed by atoms with Gasteiger partial charge in [-0.3, -0.25) is 19.7 Å². The number of benzene rings is 2. The van der Waals surface area contributed by atoms with Crippen molar-refractivity contribution in [2.45, 2.75) is 6.54 Å². The summed E-state index contributed by atoms with van der Waals surface area (Å²) >= 11 is 7.15. The summed E-state index contributed by atoms with van der Waals surface area (Å²) in [7, 11) is 0. The van der Waals surface area contributed by atoms with Gasteiger partial charge in [-0.2, -0.15) is 4.99 Å². The largest absolute Gasteiger partial charge is 0.316 e. The molecular weight excluding hydrogens is 390 g/mol. The van der Waals surface area contributed by atoms with Crippen LogP contribution in [-0.2, 0) is 6.54 Å². The number of non-ortho nitro benzene ring substituents is 1. The molecule has 0 bridgehead atoms. The first-order valence-corrected chi connectivity index (χ1v) is 8.96. The van der Waals surface area contributed by atoms with Gasteiger partial charge in [0.1, 0.15) is 0 Å². The Morgan fingerprint density at radius 2 is 1.93 bits per heavy atom. The second-order valence-electron chi connectivity index (χ2n) is 5.44. The molecule has 1 amide bonds. The molecule has 0 aliphatic heterocycles. The third-order valence-electron chi connectivity index (χ3n) is 3.66. The van der Waals surface area contributed by atoms with Crippen molar-refractivity contribution in [3.05, 3.63) is 91.2 Å². The molecule has 0 N–H and O–H groups in total. The van der Waals surface area contributed by atoms with Crippen LogP contribution < -0.4 is 4.80 Å². The molecule has 0 saturated heterocycles. The van der Waals surface area contributed by atoms with E-state index < -0.39 is 10.8 Å². The van der Waals surface area contributed by atoms with E-state index in [1.165, 1.54) is 23.5 Å². The fourth-order valence-corrected chi connectivity index (χ4v) is 3.24. The predicted molar refractivity (Wildman–Crippen MR) is 101 cm³/mol. The summed E-state index contributed by atoms with van der Waals surface area (Å²) in [5.74, 6) is -0.844. The first-order valence-electron chi connectivity index (χ1n) is 7.71. The molecule has 136 valence electrons. The minimum Gasteiger partial charge on any atom is -0.316 e. The Hall–Kier alpha value is -3.10. The monoisotopic (exact) mass is 401 g/mol. The minimum atomic E-state index is -0.716. The van der Waals surface area contributed by atoms with E-state index in [4.69, 9.17) is 11.6 Å². The lowest BCUT2D eigenvalue weighted by molar-refractivity contribution is -0.384. The molecule has 0 radical (unpaired) electrons. The van der Waals surface area contributed by atoms with Crippen LogP contribution in [0.4, 0.5) is 5.69 Å². The lowest BCUT2D eigenvalue weighted by Crippen LogP contribution is -2.21. The average Bonchev–Trinajstić information content (AvgIpc) is 3.09. The number of nitro groups is 1. The zero-order chi connectivity index (χ0) is 19.4. The van der Waals surface area contributed by atoms with Crippen LogP contribution in [0.3, 0.4) is 0 Å². The number of halogens is 1. The summed E-state index contributed by atoms with van der Waals surface area (Å²) in [6.45, 7) is 0.0162. The van der Waals surface area contributed by atoms with Crippen LogP contribution in [0, 0.1) is 10.1 Å². The van der Waals surface area contributed by atoms with Crippen LogP contribution in [0.5, 0.6) is 0 Å². The molecule has 1 heterocycles. The van der Waals surface area contributed by atoms with Gasteiger partial charge >= 0.3 is 0 Å². The number of ketones is 1. The van der Waals surface area contributed by atoms with E-state index in [-0.39, 0.29) is 28.6 Å². The summed E-state index contributed by atoms with van der Waals surface area (Å²) in [6.07, 6.45) is 1.65. The van der Waals surface area contributed by atoms with E-state index in [0.717, 1.165) is 6.07 Å². The molecule has 3 aromatic rings. The Labute approximate surface area is 162 Å². The van der Waals surface area contributed by atoms with E-state index in [2.05, 4.69) is 4.99 Å². The highest BCUT2D eigenvalue weighted by Gasteiger charge is 2.16. The van der Waals surface area contributed by atoms with Crippen molar-refractivity contribution >= 4 is 40.3 Å². The molecule has 7 nitrogen and oxygen atoms in total. The van der Waals surface area contributed by atoms with Gasteiger partial charge in [-0.1, -0.05) is 41.9 Å². The van der Waals surface area contributed by atoms with Crippen LogP contribution in [0.15, 0.2) is 65.1 Å². The van der Waals surface area contributed by atoms with Gasteiger partial charge in [0.25, 0.3) is 11.6 Å². The summed E-state index contributed by atoms with van der Waals surface area (Å²) in [4.78, 5) is 39.4. The van der Waals surface area contributed by atoms with Crippen molar-refractivity contribution in [1.29, 1.82) is 0 Å². The molecule has 9 heteroatoms. The SMILES string of the molecule is O=C(Cn1ccsc1=NC(=O)c1cc([N+](=O)[O-])ccc1Cl)c1ccccc1. The Morgan fingerprint density at radius 3 is 2.63 bits per heavy atom. The minimum absolute atomic E-state index is 0.0162. The highest BCUT2D eigenvalue weighted by Crippen LogP contribution is 2.22. The van der Waals surface area contributed by atoms with Gasteiger partial charge in [-0.25, -0.2) is 0 Å². The Morgan fingerprint density at radius 1 is 1.19 bits per heavy atom. The maximum atomic E-state index is 12.5. The van der Waals surface area contributed by atoms with Gasteiger partial charge in [-0.05, 0) is 6.07 Å². The number of hydrogen-bond donors (Lipinski definition) is 0. The number of Topliss-reactive ketones (excluding diaryl/α,β-unsaturated/α-hetero) is 1. The lowest BCUT2D eigenvalue weighted by Gasteiger charge is -2.03. The summed E-state index contributed by atoms with van der Waals surface area (Å²) in [5, 5.41) is 12.7. The Bertz CT molecular complexity index is 1090. The zero-order valence-electron chi connectivity index (χ0n) is 13.7. The van der Waals surface area contributed by atoms with E-state index in [0.29, 0.717) is 10.4 Å². The van der Waals surface area contributed by atoms with Crippen LogP contribution in [0.2, 0.25) is 5.02 Å². The molecule has 0 atom stereocenters. The number of aromatic nitrogens is 1. The van der Waals surface area contributed by atoms with Crippen LogP contribution in [0.1, 0.15) is 20.7 Å². The van der Waals surface area contributed by atoms with Gasteiger partial charge in [0.2, 0.25) is 0 Å². The number of nitro benzene ring substituents is 1. The number of rotatable bonds is 5. The number of amides is 1. The quantitative estimate of drug-likeness (QED) is 0.369. The predicted octanol–water partition coefficient (Wildman–Crippen LogP) is 3.74. The Kier molecular flexibility index (Phi) is 5.58. The average molecular weight is 402 g/mol. The standard InChI is InChI=1S/C18H12ClN3O4S/c19-15-7-6-13(22(25)26)10-14(15)17(24)20-18-21(8-9-27-18)11-16(23)12-4-2-1-3-5-12/h1-10H,11H2. The molecule has 27 heavy (non-hydrogen) atoms. The van der Waals surface area contributed by atoms with Crippen LogP contribution >= 0.6 is 22.9 Å². The lowest BCUT2D eigenvalue weighted by atomic mass is 10.1. The van der Waals surface area contributed by atoms with Crippen molar-refractivity contribution in [2.24, 2.45) is 4.99 Å². The Balaban J connectivity index is 1.90. The maximum Gasteiger partial charge on any atom is 0.281 e. The van der Waals surface area contributed by atoms with Crippen molar-refractivity contribution in [3.63, 3.8) is 0 Å². The summed E-state index contributed by atoms with van der Waals surface area (Å²) in [6, 6.07) is 12.3. The highest BCUT2D eigenvalue weighted by molar-refractivity contribution is 7.07. The van der Waals surface area contributed by atoms with Crippen LogP contribution in [0.25, 0.3) is 0 Å². The van der Waals surface area contributed by atoms with Gasteiger partial charge in [0, 0.05) is 29.3 Å². The topological polar surface area (TPSA) is 94.6 Å². The molecule has 2 aromatic carbocycles. The van der Waals surface area contributed by atoms with E-state index in [1.807, 2.05) is 6.07 Å². The second-order valence-corrected chi connectivity index (χ2v) is 6.72. The smallest absolute Gasteiger partial charge is 0.281 e. The van der Waals surface area contributed by atoms with Gasteiger partial charge in [0.15, 0.2) is 10.6 Å².